The van der Waals surface area contributed by atoms with Crippen LogP contribution in [0.15, 0.2) is 36.4 Å². The molecule has 0 bridgehead atoms. The Balaban J connectivity index is 2.43. The minimum Gasteiger partial charge on any atom is -0.478 e. The van der Waals surface area contributed by atoms with Crippen LogP contribution in [0.5, 0.6) is 0 Å². The highest BCUT2D eigenvalue weighted by molar-refractivity contribution is 5.95. The Kier molecular flexibility index (Phi) is 3.46. The number of carboxylic acid groups (broad SMARTS) is 1. The van der Waals surface area contributed by atoms with E-state index < -0.39 is 17.6 Å². The molecule has 19 heavy (non-hydrogen) atoms. The van der Waals surface area contributed by atoms with Gasteiger partial charge in [0.1, 0.15) is 11.6 Å². The van der Waals surface area contributed by atoms with Crippen molar-refractivity contribution in [2.75, 3.05) is 5.32 Å². The highest BCUT2D eigenvalue weighted by Gasteiger charge is 2.12. The smallest absolute Gasteiger partial charge is 0.337 e. The molecule has 0 fully saturated rings. The van der Waals surface area contributed by atoms with Crippen LogP contribution in [-0.4, -0.2) is 11.1 Å². The highest BCUT2D eigenvalue weighted by Crippen LogP contribution is 2.24. The van der Waals surface area contributed by atoms with Gasteiger partial charge in [-0.05, 0) is 31.2 Å². The lowest BCUT2D eigenvalue weighted by Gasteiger charge is -2.11. The summed E-state index contributed by atoms with van der Waals surface area (Å²) >= 11 is 0. The Morgan fingerprint density at radius 2 is 1.84 bits per heavy atom. The lowest BCUT2D eigenvalue weighted by molar-refractivity contribution is 0.0698. The molecule has 3 nitrogen and oxygen atoms in total. The molecule has 5 heteroatoms. The van der Waals surface area contributed by atoms with E-state index >= 15 is 0 Å². The Hall–Kier alpha value is -2.43. The average molecular weight is 263 g/mol. The molecule has 2 aromatic carbocycles. The molecule has 0 amide bonds. The maximum absolute atomic E-state index is 13.5. The summed E-state index contributed by atoms with van der Waals surface area (Å²) < 4.78 is 26.5. The third-order valence-corrected chi connectivity index (χ3v) is 2.60. The van der Waals surface area contributed by atoms with Gasteiger partial charge in [0.25, 0.3) is 0 Å². The molecule has 2 rings (SSSR count). The molecule has 0 heterocycles. The van der Waals surface area contributed by atoms with Gasteiger partial charge in [-0.3, -0.25) is 0 Å². The predicted molar refractivity (Wildman–Crippen MR) is 67.8 cm³/mol. The molecule has 0 atom stereocenters. The molecule has 0 unspecified atom stereocenters. The largest absolute Gasteiger partial charge is 0.478 e. The molecule has 98 valence electrons. The first-order valence-electron chi connectivity index (χ1n) is 5.53. The fraction of sp³-hybridized carbons (Fsp3) is 0.0714. The van der Waals surface area contributed by atoms with E-state index in [9.17, 15) is 13.6 Å². The lowest BCUT2D eigenvalue weighted by atomic mass is 10.1. The molecule has 0 aromatic heterocycles. The predicted octanol–water partition coefficient (Wildman–Crippen LogP) is 3.72. The van der Waals surface area contributed by atoms with E-state index in [0.29, 0.717) is 0 Å². The van der Waals surface area contributed by atoms with Crippen LogP contribution in [0.3, 0.4) is 0 Å². The van der Waals surface area contributed by atoms with Crippen LogP contribution >= 0.6 is 0 Å². The maximum atomic E-state index is 13.5. The maximum Gasteiger partial charge on any atom is 0.337 e. The first-order valence-corrected chi connectivity index (χ1v) is 5.53. The second-order valence-corrected chi connectivity index (χ2v) is 4.10. The SMILES string of the molecule is Cc1ccc(Nc2cc(F)ccc2F)c(C(=O)O)c1. The summed E-state index contributed by atoms with van der Waals surface area (Å²) in [6.45, 7) is 1.75. The topological polar surface area (TPSA) is 49.3 Å². The van der Waals surface area contributed by atoms with Crippen LogP contribution in [0.2, 0.25) is 0 Å². The van der Waals surface area contributed by atoms with Crippen molar-refractivity contribution in [2.24, 2.45) is 0 Å². The molecule has 0 aliphatic carbocycles. The molecular weight excluding hydrogens is 252 g/mol. The van der Waals surface area contributed by atoms with Crippen molar-refractivity contribution in [2.45, 2.75) is 6.92 Å². The molecule has 0 saturated heterocycles. The Labute approximate surface area is 108 Å². The molecule has 0 aliphatic heterocycles. The van der Waals surface area contributed by atoms with E-state index in [2.05, 4.69) is 5.32 Å². The summed E-state index contributed by atoms with van der Waals surface area (Å²) in [7, 11) is 0. The number of hydrogen-bond acceptors (Lipinski definition) is 2. The second-order valence-electron chi connectivity index (χ2n) is 4.10. The van der Waals surface area contributed by atoms with Crippen molar-refractivity contribution in [1.29, 1.82) is 0 Å². The Morgan fingerprint density at radius 3 is 2.53 bits per heavy atom. The van der Waals surface area contributed by atoms with E-state index in [0.717, 1.165) is 23.8 Å². The normalized spacial score (nSPS) is 10.3. The first-order chi connectivity index (χ1) is 8.97. The van der Waals surface area contributed by atoms with Gasteiger partial charge in [-0.1, -0.05) is 11.6 Å². The number of hydrogen-bond donors (Lipinski definition) is 2. The molecule has 0 aliphatic rings. The average Bonchev–Trinajstić information content (AvgIpc) is 2.35. The minimum atomic E-state index is -1.14. The standard InChI is InChI=1S/C14H11F2NO2/c1-8-2-5-12(10(6-8)14(18)19)17-13-7-9(15)3-4-11(13)16/h2-7,17H,1H3,(H,18,19). The highest BCUT2D eigenvalue weighted by atomic mass is 19.1. The third-order valence-electron chi connectivity index (χ3n) is 2.60. The number of nitrogens with one attached hydrogen (secondary N) is 1. The van der Waals surface area contributed by atoms with E-state index in [1.54, 1.807) is 13.0 Å². The van der Waals surface area contributed by atoms with Gasteiger partial charge in [0.15, 0.2) is 0 Å². The summed E-state index contributed by atoms with van der Waals surface area (Å²) in [5, 5.41) is 11.7. The number of rotatable bonds is 3. The van der Waals surface area contributed by atoms with Crippen LogP contribution in [0.4, 0.5) is 20.2 Å². The molecule has 0 spiro atoms. The van der Waals surface area contributed by atoms with Crippen LogP contribution in [-0.2, 0) is 0 Å². The van der Waals surface area contributed by atoms with E-state index in [1.807, 2.05) is 0 Å². The number of anilines is 2. The van der Waals surface area contributed by atoms with Crippen molar-refractivity contribution >= 4 is 17.3 Å². The molecule has 2 aromatic rings. The summed E-state index contributed by atoms with van der Waals surface area (Å²) in [5.74, 6) is -2.39. The number of carboxylic acids is 1. The van der Waals surface area contributed by atoms with Crippen molar-refractivity contribution in [3.05, 3.63) is 59.2 Å². The molecule has 2 N–H and O–H groups in total. The van der Waals surface area contributed by atoms with Crippen LogP contribution in [0.1, 0.15) is 15.9 Å². The van der Waals surface area contributed by atoms with E-state index in [4.69, 9.17) is 5.11 Å². The fourth-order valence-electron chi connectivity index (χ4n) is 1.68. The van der Waals surface area contributed by atoms with Crippen molar-refractivity contribution < 1.29 is 18.7 Å². The zero-order valence-corrected chi connectivity index (χ0v) is 10.1. The monoisotopic (exact) mass is 263 g/mol. The van der Waals surface area contributed by atoms with Gasteiger partial charge < -0.3 is 10.4 Å². The summed E-state index contributed by atoms with van der Waals surface area (Å²) in [4.78, 5) is 11.1. The third kappa shape index (κ3) is 2.88. The van der Waals surface area contributed by atoms with Crippen LogP contribution in [0, 0.1) is 18.6 Å². The summed E-state index contributed by atoms with van der Waals surface area (Å²) in [5.41, 5.74) is 0.875. The Morgan fingerprint density at radius 1 is 1.11 bits per heavy atom. The van der Waals surface area contributed by atoms with E-state index in [-0.39, 0.29) is 16.9 Å². The van der Waals surface area contributed by atoms with Gasteiger partial charge in [-0.2, -0.15) is 0 Å². The van der Waals surface area contributed by atoms with Crippen molar-refractivity contribution in [3.63, 3.8) is 0 Å². The number of carbonyl (C=O) groups is 1. The fourth-order valence-corrected chi connectivity index (χ4v) is 1.68. The van der Waals surface area contributed by atoms with Gasteiger partial charge in [0, 0.05) is 6.07 Å². The zero-order chi connectivity index (χ0) is 14.0. The quantitative estimate of drug-likeness (QED) is 0.887. The summed E-state index contributed by atoms with van der Waals surface area (Å²) in [6.07, 6.45) is 0. The second kappa shape index (κ2) is 5.06. The van der Waals surface area contributed by atoms with Gasteiger partial charge in [0.05, 0.1) is 16.9 Å². The molecular formula is C14H11F2NO2. The van der Waals surface area contributed by atoms with E-state index in [1.165, 1.54) is 12.1 Å². The van der Waals surface area contributed by atoms with Gasteiger partial charge in [-0.25, -0.2) is 13.6 Å². The number of aromatic carboxylic acids is 1. The van der Waals surface area contributed by atoms with Gasteiger partial charge >= 0.3 is 5.97 Å². The number of aryl methyl sites for hydroxylation is 1. The number of benzene rings is 2. The first kappa shape index (κ1) is 13.0. The lowest BCUT2D eigenvalue weighted by Crippen LogP contribution is -2.04. The minimum absolute atomic E-state index is 0.00339. The number of halogens is 2. The van der Waals surface area contributed by atoms with Crippen molar-refractivity contribution in [3.8, 4) is 0 Å². The Bertz CT molecular complexity index is 641. The van der Waals surface area contributed by atoms with Crippen LogP contribution in [0.25, 0.3) is 0 Å². The molecule has 0 saturated carbocycles. The molecule has 0 radical (unpaired) electrons. The van der Waals surface area contributed by atoms with Crippen molar-refractivity contribution in [1.82, 2.24) is 0 Å². The van der Waals surface area contributed by atoms with Crippen LogP contribution < -0.4 is 5.32 Å². The van der Waals surface area contributed by atoms with Gasteiger partial charge in [-0.15, -0.1) is 0 Å². The zero-order valence-electron chi connectivity index (χ0n) is 10.1. The summed E-state index contributed by atoms with van der Waals surface area (Å²) in [6, 6.07) is 7.61. The van der Waals surface area contributed by atoms with Gasteiger partial charge in [0.2, 0.25) is 0 Å².